The molecular formula is C4H6N2Y-2. The van der Waals surface area contributed by atoms with E-state index in [2.05, 4.69) is 22.6 Å². The minimum absolute atomic E-state index is 0. The summed E-state index contributed by atoms with van der Waals surface area (Å²) in [5.74, 6) is 0. The molecule has 7 heavy (non-hydrogen) atoms. The molecule has 0 aromatic heterocycles. The summed E-state index contributed by atoms with van der Waals surface area (Å²) in [4.78, 5) is 0. The number of hydrogen-bond donors (Lipinski definition) is 0. The van der Waals surface area contributed by atoms with E-state index in [1.165, 1.54) is 0 Å². The monoisotopic (exact) mass is 171 g/mol. The molecule has 0 aliphatic heterocycles. The maximum absolute atomic E-state index is 3.35. The molecule has 0 rings (SSSR count). The Kier molecular flexibility index (Phi) is 14.4. The van der Waals surface area contributed by atoms with Crippen molar-refractivity contribution < 1.29 is 32.7 Å². The molecule has 0 saturated heterocycles. The standard InChI is InChI=1S/C4H6N2.Y/c1-3-5-6-4-2;/h1-2H3;/q-2;. The zero-order valence-electron chi connectivity index (χ0n) is 4.47. The van der Waals surface area contributed by atoms with Crippen LogP contribution in [0.3, 0.4) is 0 Å². The SMILES string of the molecule is C[C-]=NN=[C-]C.[Y]. The van der Waals surface area contributed by atoms with E-state index in [-0.39, 0.29) is 32.7 Å². The average Bonchev–Trinajstić information content (AvgIpc) is 1.61. The van der Waals surface area contributed by atoms with Crippen LogP contribution >= 0.6 is 0 Å². The molecule has 0 bridgehead atoms. The van der Waals surface area contributed by atoms with E-state index >= 15 is 0 Å². The summed E-state index contributed by atoms with van der Waals surface area (Å²) in [7, 11) is 0. The Balaban J connectivity index is 0. The van der Waals surface area contributed by atoms with Gasteiger partial charge in [0, 0.05) is 32.7 Å². The van der Waals surface area contributed by atoms with Crippen molar-refractivity contribution >= 4 is 12.4 Å². The Morgan fingerprint density at radius 3 is 1.43 bits per heavy atom. The van der Waals surface area contributed by atoms with Crippen molar-refractivity contribution in [3.63, 3.8) is 0 Å². The van der Waals surface area contributed by atoms with Crippen molar-refractivity contribution in [2.45, 2.75) is 13.8 Å². The molecule has 0 aliphatic carbocycles. The van der Waals surface area contributed by atoms with Gasteiger partial charge in [-0.25, -0.2) is 0 Å². The van der Waals surface area contributed by atoms with Gasteiger partial charge in [-0.3, -0.25) is 0 Å². The van der Waals surface area contributed by atoms with Crippen molar-refractivity contribution in [3.05, 3.63) is 0 Å². The Morgan fingerprint density at radius 1 is 1.00 bits per heavy atom. The Morgan fingerprint density at radius 2 is 1.29 bits per heavy atom. The molecule has 0 aliphatic rings. The first-order valence-electron chi connectivity index (χ1n) is 1.65. The zero-order chi connectivity index (χ0) is 4.83. The molecule has 0 aromatic rings. The van der Waals surface area contributed by atoms with Gasteiger partial charge in [0.1, 0.15) is 0 Å². The third kappa shape index (κ3) is 10.7. The summed E-state index contributed by atoms with van der Waals surface area (Å²) < 4.78 is 0. The average molecular weight is 171 g/mol. The Labute approximate surface area is 69.0 Å². The van der Waals surface area contributed by atoms with Crippen molar-refractivity contribution in [1.29, 1.82) is 0 Å². The molecule has 0 N–H and O–H groups in total. The van der Waals surface area contributed by atoms with Gasteiger partial charge in [0.25, 0.3) is 0 Å². The normalized spacial score (nSPS) is 10.0. The smallest absolute Gasteiger partial charge is 0 e. The minimum Gasteiger partial charge on any atom is -0.414 e. The second kappa shape index (κ2) is 9.67. The number of hydrogen-bond acceptors (Lipinski definition) is 2. The minimum atomic E-state index is 0. The molecule has 37 valence electrons. The molecule has 2 nitrogen and oxygen atoms in total. The van der Waals surface area contributed by atoms with Gasteiger partial charge in [-0.2, -0.15) is 13.8 Å². The first-order valence-corrected chi connectivity index (χ1v) is 1.65. The summed E-state index contributed by atoms with van der Waals surface area (Å²) in [6, 6.07) is 0. The molecule has 0 saturated carbocycles. The van der Waals surface area contributed by atoms with E-state index in [1.54, 1.807) is 13.8 Å². The maximum Gasteiger partial charge on any atom is 0 e. The molecule has 0 heterocycles. The van der Waals surface area contributed by atoms with E-state index < -0.39 is 0 Å². The van der Waals surface area contributed by atoms with Gasteiger partial charge in [0.05, 0.1) is 0 Å². The predicted molar refractivity (Wildman–Crippen MR) is 26.2 cm³/mol. The fourth-order valence-electron chi connectivity index (χ4n) is 0.100. The molecule has 0 atom stereocenters. The molecule has 0 unspecified atom stereocenters. The van der Waals surface area contributed by atoms with E-state index in [9.17, 15) is 0 Å². The first-order chi connectivity index (χ1) is 2.91. The van der Waals surface area contributed by atoms with E-state index in [0.717, 1.165) is 0 Å². The summed E-state index contributed by atoms with van der Waals surface area (Å²) in [6.07, 6.45) is 4.93. The van der Waals surface area contributed by atoms with Gasteiger partial charge in [-0.15, -0.1) is 0 Å². The van der Waals surface area contributed by atoms with Crippen molar-refractivity contribution in [1.82, 2.24) is 0 Å². The summed E-state index contributed by atoms with van der Waals surface area (Å²) in [5, 5.41) is 6.71. The quantitative estimate of drug-likeness (QED) is 0.317. The van der Waals surface area contributed by atoms with E-state index in [0.29, 0.717) is 0 Å². The topological polar surface area (TPSA) is 24.7 Å². The van der Waals surface area contributed by atoms with Gasteiger partial charge >= 0.3 is 0 Å². The summed E-state index contributed by atoms with van der Waals surface area (Å²) >= 11 is 0. The van der Waals surface area contributed by atoms with Crippen LogP contribution < -0.4 is 0 Å². The predicted octanol–water partition coefficient (Wildman–Crippen LogP) is 0.834. The third-order valence-corrected chi connectivity index (χ3v) is 0.250. The second-order valence-electron chi connectivity index (χ2n) is 0.647. The Bertz CT molecular complexity index is 58.1. The molecule has 0 aromatic carbocycles. The van der Waals surface area contributed by atoms with Crippen molar-refractivity contribution in [2.75, 3.05) is 0 Å². The van der Waals surface area contributed by atoms with Crippen molar-refractivity contribution in [3.8, 4) is 0 Å². The second-order valence-corrected chi connectivity index (χ2v) is 0.647. The molecule has 0 fully saturated rings. The van der Waals surface area contributed by atoms with Gasteiger partial charge in [0.2, 0.25) is 0 Å². The van der Waals surface area contributed by atoms with Crippen LogP contribution in [0.2, 0.25) is 0 Å². The Hall–Kier alpha value is 0.444. The maximum atomic E-state index is 3.35. The fourth-order valence-corrected chi connectivity index (χ4v) is 0.100. The van der Waals surface area contributed by atoms with Crippen LogP contribution in [0.25, 0.3) is 0 Å². The molecule has 1 radical (unpaired) electrons. The molecule has 0 spiro atoms. The molecule has 0 amide bonds. The van der Waals surface area contributed by atoms with Crippen LogP contribution in [0.1, 0.15) is 13.8 Å². The third-order valence-electron chi connectivity index (χ3n) is 0.250. The molecule has 3 heteroatoms. The van der Waals surface area contributed by atoms with E-state index in [4.69, 9.17) is 0 Å². The van der Waals surface area contributed by atoms with E-state index in [1.807, 2.05) is 0 Å². The number of rotatable bonds is 1. The van der Waals surface area contributed by atoms with Gasteiger partial charge < -0.3 is 22.6 Å². The van der Waals surface area contributed by atoms with Crippen LogP contribution in [-0.4, -0.2) is 12.4 Å². The zero-order valence-corrected chi connectivity index (χ0v) is 7.31. The fraction of sp³-hybridized carbons (Fsp3) is 0.500. The van der Waals surface area contributed by atoms with Gasteiger partial charge in [0.15, 0.2) is 0 Å². The largest absolute Gasteiger partial charge is 0.414 e. The summed E-state index contributed by atoms with van der Waals surface area (Å²) in [6.45, 7) is 3.36. The van der Waals surface area contributed by atoms with Crippen LogP contribution in [-0.2, 0) is 32.7 Å². The first kappa shape index (κ1) is 10.4. The molecular weight excluding hydrogens is 165 g/mol. The summed E-state index contributed by atoms with van der Waals surface area (Å²) in [5.41, 5.74) is 0. The van der Waals surface area contributed by atoms with Gasteiger partial charge in [-0.1, -0.05) is 0 Å². The van der Waals surface area contributed by atoms with Crippen LogP contribution in [0.15, 0.2) is 10.2 Å². The number of nitrogens with zero attached hydrogens (tertiary/aromatic N) is 2. The van der Waals surface area contributed by atoms with Crippen molar-refractivity contribution in [2.24, 2.45) is 10.2 Å². The van der Waals surface area contributed by atoms with Gasteiger partial charge in [-0.05, 0) is 0 Å². The van der Waals surface area contributed by atoms with Crippen LogP contribution in [0, 0.1) is 0 Å². The van der Waals surface area contributed by atoms with Crippen LogP contribution in [0.4, 0.5) is 0 Å². The van der Waals surface area contributed by atoms with Crippen LogP contribution in [0.5, 0.6) is 0 Å².